The molecule has 0 spiro atoms. The first-order valence-corrected chi connectivity index (χ1v) is 9.45. The van der Waals surface area contributed by atoms with Crippen LogP contribution in [0.1, 0.15) is 5.56 Å². The molecule has 2 aromatic rings. The molecule has 144 valence electrons. The van der Waals surface area contributed by atoms with Crippen LogP contribution in [0.2, 0.25) is 0 Å². The summed E-state index contributed by atoms with van der Waals surface area (Å²) in [4.78, 5) is 23.4. The number of hydrogen-bond acceptors (Lipinski definition) is 5. The molecule has 1 amide bonds. The Kier molecular flexibility index (Phi) is 6.54. The van der Waals surface area contributed by atoms with E-state index < -0.39 is 33.9 Å². The quantitative estimate of drug-likeness (QED) is 0.577. The maximum Gasteiger partial charge on any atom is 0.322 e. The summed E-state index contributed by atoms with van der Waals surface area (Å²) in [6.07, 6.45) is -0.0156. The molecule has 0 saturated heterocycles. The van der Waals surface area contributed by atoms with E-state index in [-0.39, 0.29) is 11.3 Å². The molecule has 2 aromatic carbocycles. The minimum atomic E-state index is -4.19. The second-order valence-corrected chi connectivity index (χ2v) is 7.53. The number of primary amides is 1. The number of hydrogen-bond donors (Lipinski definition) is 3. The van der Waals surface area contributed by atoms with Gasteiger partial charge in [0.05, 0.1) is 17.9 Å². The lowest BCUT2D eigenvalue weighted by atomic mass is 9.92. The van der Waals surface area contributed by atoms with Gasteiger partial charge in [0.2, 0.25) is 15.9 Å². The molecule has 0 radical (unpaired) electrons. The van der Waals surface area contributed by atoms with Crippen LogP contribution in [0.4, 0.5) is 0 Å². The fraction of sp³-hybridized carbons (Fsp3) is 0.222. The Morgan fingerprint density at radius 2 is 1.70 bits per heavy atom. The summed E-state index contributed by atoms with van der Waals surface area (Å²) < 4.78 is 32.2. The van der Waals surface area contributed by atoms with Crippen molar-refractivity contribution in [2.45, 2.75) is 17.4 Å². The highest BCUT2D eigenvalue weighted by atomic mass is 32.2. The second-order valence-electron chi connectivity index (χ2n) is 5.81. The van der Waals surface area contributed by atoms with Crippen LogP contribution in [0, 0.1) is 5.92 Å². The number of aliphatic carboxylic acids is 1. The third kappa shape index (κ3) is 5.28. The highest BCUT2D eigenvalue weighted by Gasteiger charge is 2.36. The van der Waals surface area contributed by atoms with Gasteiger partial charge in [-0.15, -0.1) is 0 Å². The van der Waals surface area contributed by atoms with E-state index in [1.54, 1.807) is 30.3 Å². The van der Waals surface area contributed by atoms with E-state index in [1.165, 1.54) is 31.4 Å². The number of methoxy groups -OCH3 is 1. The van der Waals surface area contributed by atoms with Gasteiger partial charge >= 0.3 is 5.97 Å². The van der Waals surface area contributed by atoms with E-state index in [0.717, 1.165) is 0 Å². The van der Waals surface area contributed by atoms with Crippen LogP contribution in [-0.2, 0) is 26.0 Å². The lowest BCUT2D eigenvalue weighted by Gasteiger charge is -2.22. The highest BCUT2D eigenvalue weighted by Crippen LogP contribution is 2.19. The number of carbonyl (C=O) groups is 2. The predicted molar refractivity (Wildman–Crippen MR) is 97.6 cm³/mol. The van der Waals surface area contributed by atoms with Crippen molar-refractivity contribution in [3.05, 3.63) is 60.2 Å². The Morgan fingerprint density at radius 1 is 1.11 bits per heavy atom. The molecule has 0 fully saturated rings. The van der Waals surface area contributed by atoms with Crippen molar-refractivity contribution in [1.82, 2.24) is 4.72 Å². The zero-order valence-corrected chi connectivity index (χ0v) is 15.3. The number of carboxylic acids is 1. The number of sulfonamides is 1. The van der Waals surface area contributed by atoms with Crippen LogP contribution in [0.3, 0.4) is 0 Å². The molecule has 0 saturated carbocycles. The molecular formula is C18H20N2O6S. The summed E-state index contributed by atoms with van der Waals surface area (Å²) in [5.74, 6) is -3.23. The van der Waals surface area contributed by atoms with Gasteiger partial charge in [-0.25, -0.2) is 8.42 Å². The zero-order valence-electron chi connectivity index (χ0n) is 14.5. The molecule has 0 aliphatic heterocycles. The standard InChI is InChI=1S/C18H20N2O6S/c1-26-13-7-9-14(10-8-13)27(24,25)20-16(18(22)23)15(17(19)21)11-12-5-3-2-4-6-12/h2-10,15-16,20H,11H2,1H3,(H2,19,21)(H,22,23)/t15?,16-/m0/s1. The molecule has 4 N–H and O–H groups in total. The van der Waals surface area contributed by atoms with Crippen LogP contribution in [0.15, 0.2) is 59.5 Å². The van der Waals surface area contributed by atoms with Gasteiger partial charge in [0, 0.05) is 0 Å². The van der Waals surface area contributed by atoms with E-state index in [9.17, 15) is 23.1 Å². The number of carbonyl (C=O) groups excluding carboxylic acids is 1. The van der Waals surface area contributed by atoms with Gasteiger partial charge in [-0.2, -0.15) is 4.72 Å². The first-order chi connectivity index (χ1) is 12.7. The number of amides is 1. The van der Waals surface area contributed by atoms with E-state index in [0.29, 0.717) is 11.3 Å². The Labute approximate surface area is 157 Å². The van der Waals surface area contributed by atoms with Crippen molar-refractivity contribution in [1.29, 1.82) is 0 Å². The molecule has 0 heterocycles. The lowest BCUT2D eigenvalue weighted by Crippen LogP contribution is -2.50. The number of carboxylic acid groups (broad SMARTS) is 1. The summed E-state index contributed by atoms with van der Waals surface area (Å²) in [5.41, 5.74) is 6.03. The number of rotatable bonds is 9. The van der Waals surface area contributed by atoms with Gasteiger partial charge in [0.25, 0.3) is 0 Å². The first-order valence-electron chi connectivity index (χ1n) is 7.97. The molecule has 0 bridgehead atoms. The van der Waals surface area contributed by atoms with Crippen LogP contribution in [-0.4, -0.2) is 38.6 Å². The second kappa shape index (κ2) is 8.65. The summed E-state index contributed by atoms with van der Waals surface area (Å²) in [6, 6.07) is 12.3. The molecule has 2 rings (SSSR count). The fourth-order valence-corrected chi connectivity index (χ4v) is 3.78. The molecule has 0 aliphatic rings. The molecule has 0 aliphatic carbocycles. The summed E-state index contributed by atoms with van der Waals surface area (Å²) in [7, 11) is -2.76. The van der Waals surface area contributed by atoms with Crippen molar-refractivity contribution in [2.75, 3.05) is 7.11 Å². The van der Waals surface area contributed by atoms with Gasteiger partial charge in [0.1, 0.15) is 11.8 Å². The largest absolute Gasteiger partial charge is 0.497 e. The third-order valence-corrected chi connectivity index (χ3v) is 5.44. The van der Waals surface area contributed by atoms with Crippen molar-refractivity contribution < 1.29 is 27.9 Å². The SMILES string of the molecule is COc1ccc(S(=O)(=O)N[C@H](C(=O)O)C(Cc2ccccc2)C(N)=O)cc1. The maximum absolute atomic E-state index is 12.6. The van der Waals surface area contributed by atoms with E-state index in [1.807, 2.05) is 0 Å². The number of nitrogens with one attached hydrogen (secondary N) is 1. The molecule has 8 nitrogen and oxygen atoms in total. The summed E-state index contributed by atoms with van der Waals surface area (Å²) in [6.45, 7) is 0. The third-order valence-electron chi connectivity index (χ3n) is 3.98. The van der Waals surface area contributed by atoms with Crippen molar-refractivity contribution >= 4 is 21.9 Å². The molecular weight excluding hydrogens is 372 g/mol. The van der Waals surface area contributed by atoms with Crippen molar-refractivity contribution in [2.24, 2.45) is 11.7 Å². The van der Waals surface area contributed by atoms with E-state index >= 15 is 0 Å². The Morgan fingerprint density at radius 3 is 2.19 bits per heavy atom. The number of ether oxygens (including phenoxy) is 1. The minimum Gasteiger partial charge on any atom is -0.497 e. The van der Waals surface area contributed by atoms with Crippen LogP contribution < -0.4 is 15.2 Å². The van der Waals surface area contributed by atoms with Gasteiger partial charge in [-0.05, 0) is 36.2 Å². The molecule has 27 heavy (non-hydrogen) atoms. The Bertz CT molecular complexity index is 897. The average molecular weight is 392 g/mol. The van der Waals surface area contributed by atoms with Crippen molar-refractivity contribution in [3.63, 3.8) is 0 Å². The highest BCUT2D eigenvalue weighted by molar-refractivity contribution is 7.89. The lowest BCUT2D eigenvalue weighted by molar-refractivity contribution is -0.143. The van der Waals surface area contributed by atoms with Gasteiger partial charge in [-0.1, -0.05) is 30.3 Å². The summed E-state index contributed by atoms with van der Waals surface area (Å²) in [5, 5.41) is 9.51. The molecule has 9 heteroatoms. The van der Waals surface area contributed by atoms with E-state index in [4.69, 9.17) is 10.5 Å². The molecule has 0 aromatic heterocycles. The summed E-state index contributed by atoms with van der Waals surface area (Å²) >= 11 is 0. The zero-order chi connectivity index (χ0) is 20.0. The van der Waals surface area contributed by atoms with Crippen LogP contribution in [0.25, 0.3) is 0 Å². The first kappa shape index (κ1) is 20.4. The number of benzene rings is 2. The molecule has 2 atom stereocenters. The van der Waals surface area contributed by atoms with Gasteiger partial charge in [-0.3, -0.25) is 9.59 Å². The van der Waals surface area contributed by atoms with E-state index in [2.05, 4.69) is 4.72 Å². The topological polar surface area (TPSA) is 136 Å². The monoisotopic (exact) mass is 392 g/mol. The fourth-order valence-electron chi connectivity index (χ4n) is 2.55. The predicted octanol–water partition coefficient (Wildman–Crippen LogP) is 0.771. The van der Waals surface area contributed by atoms with Crippen LogP contribution in [0.5, 0.6) is 5.75 Å². The van der Waals surface area contributed by atoms with Crippen molar-refractivity contribution in [3.8, 4) is 5.75 Å². The van der Waals surface area contributed by atoms with Gasteiger partial charge in [0.15, 0.2) is 0 Å². The van der Waals surface area contributed by atoms with Crippen LogP contribution >= 0.6 is 0 Å². The normalized spacial score (nSPS) is 13.5. The average Bonchev–Trinajstić information content (AvgIpc) is 2.65. The Hall–Kier alpha value is -2.91. The van der Waals surface area contributed by atoms with Gasteiger partial charge < -0.3 is 15.6 Å². The Balaban J connectivity index is 2.30. The number of nitrogens with two attached hydrogens (primary N) is 1. The molecule has 1 unspecified atom stereocenters. The minimum absolute atomic E-state index is 0.0156. The smallest absolute Gasteiger partial charge is 0.322 e. The maximum atomic E-state index is 12.6.